The van der Waals surface area contributed by atoms with Crippen molar-refractivity contribution >= 4 is 13.6 Å². The fourth-order valence-corrected chi connectivity index (χ4v) is 4.91. The lowest BCUT2D eigenvalue weighted by atomic mass is 10.5. The van der Waals surface area contributed by atoms with Gasteiger partial charge in [0.05, 0.1) is 0 Å². The number of allylic oxidation sites excluding steroid dienone is 4. The van der Waals surface area contributed by atoms with Gasteiger partial charge in [-0.3, -0.25) is 0 Å². The molecule has 0 aromatic rings. The van der Waals surface area contributed by atoms with Crippen molar-refractivity contribution in [1.82, 2.24) is 0 Å². The third-order valence-electron chi connectivity index (χ3n) is 2.15. The molecule has 1 aliphatic rings. The van der Waals surface area contributed by atoms with E-state index in [0.717, 1.165) is 11.1 Å². The van der Waals surface area contributed by atoms with Crippen LogP contribution in [0.2, 0.25) is 11.1 Å². The van der Waals surface area contributed by atoms with Crippen molar-refractivity contribution in [3.63, 3.8) is 0 Å². The molecule has 0 spiro atoms. The van der Waals surface area contributed by atoms with Gasteiger partial charge < -0.3 is 0 Å². The Kier molecular flexibility index (Phi) is 3.21. The molecule has 1 aliphatic carbocycles. The van der Waals surface area contributed by atoms with Gasteiger partial charge in [0.1, 0.15) is 0 Å². The van der Waals surface area contributed by atoms with E-state index in [1.54, 1.807) is 0 Å². The average molecular weight is 177 g/mol. The largest absolute Gasteiger partial charge is 0.0622 e. The van der Waals surface area contributed by atoms with E-state index in [2.05, 4.69) is 45.9 Å². The Labute approximate surface area is 77.2 Å². The Hall–Kier alpha value is -0.433. The molecule has 0 aliphatic heterocycles. The molecule has 1 radical (unpaired) electrons. The van der Waals surface area contributed by atoms with Gasteiger partial charge in [0.2, 0.25) is 0 Å². The van der Waals surface area contributed by atoms with Crippen LogP contribution in [0.3, 0.4) is 0 Å². The minimum atomic E-state index is -0.369. The Morgan fingerprint density at radius 3 is 2.08 bits per heavy atom. The van der Waals surface area contributed by atoms with Crippen LogP contribution in [0.4, 0.5) is 0 Å². The second-order valence-corrected chi connectivity index (χ2v) is 7.61. The lowest BCUT2D eigenvalue weighted by molar-refractivity contribution is 0.964. The van der Waals surface area contributed by atoms with Gasteiger partial charge in [-0.2, -0.15) is 0 Å². The summed E-state index contributed by atoms with van der Waals surface area (Å²) in [6, 6.07) is 0. The summed E-state index contributed by atoms with van der Waals surface area (Å²) in [4.78, 5) is 0. The molecule has 0 atom stereocenters. The van der Waals surface area contributed by atoms with Gasteiger partial charge in [0.15, 0.2) is 0 Å². The highest BCUT2D eigenvalue weighted by Gasteiger charge is 2.13. The molecule has 0 unspecified atom stereocenters. The minimum absolute atomic E-state index is 0.369. The number of rotatable bonds is 2. The Bertz CT molecular complexity index is 218. The van der Waals surface area contributed by atoms with E-state index < -0.39 is 0 Å². The predicted octanol–water partition coefficient (Wildman–Crippen LogP) is 2.98. The summed E-state index contributed by atoms with van der Waals surface area (Å²) < 4.78 is 0. The van der Waals surface area contributed by atoms with Crippen molar-refractivity contribution in [2.75, 3.05) is 0 Å². The van der Waals surface area contributed by atoms with Gasteiger partial charge in [-0.25, -0.2) is 0 Å². The maximum Gasteiger partial charge on any atom is 0.0255 e. The van der Waals surface area contributed by atoms with Gasteiger partial charge in [0.25, 0.3) is 0 Å². The van der Waals surface area contributed by atoms with Gasteiger partial charge >= 0.3 is 0 Å². The SMILES string of the molecule is CC(C)[Si](=C1[C]=CC=C1)C(C)C. The summed E-state index contributed by atoms with van der Waals surface area (Å²) >= 11 is 0. The topological polar surface area (TPSA) is 0 Å². The van der Waals surface area contributed by atoms with E-state index in [0.29, 0.717) is 0 Å². The molecule has 0 N–H and O–H groups in total. The molecular weight excluding hydrogens is 160 g/mol. The quantitative estimate of drug-likeness (QED) is 0.569. The van der Waals surface area contributed by atoms with Gasteiger partial charge in [-0.15, -0.1) is 0 Å². The highest BCUT2D eigenvalue weighted by Crippen LogP contribution is 2.17. The first-order valence-corrected chi connectivity index (χ1v) is 6.29. The van der Waals surface area contributed by atoms with Crippen LogP contribution in [0.5, 0.6) is 0 Å². The zero-order valence-electron chi connectivity index (χ0n) is 8.39. The van der Waals surface area contributed by atoms with Crippen LogP contribution in [0.15, 0.2) is 18.2 Å². The third kappa shape index (κ3) is 2.04. The molecule has 0 bridgehead atoms. The van der Waals surface area contributed by atoms with Crippen LogP contribution >= 0.6 is 0 Å². The first-order valence-electron chi connectivity index (χ1n) is 4.63. The standard InChI is InChI=1S/C11H17Si/c1-9(2)12(10(3)4)11-7-5-6-8-11/h5-7,9-10H,1-4H3. The first-order chi connectivity index (χ1) is 5.63. The van der Waals surface area contributed by atoms with Crippen molar-refractivity contribution in [2.24, 2.45) is 0 Å². The number of hydrogen-bond donors (Lipinski definition) is 0. The van der Waals surface area contributed by atoms with Crippen LogP contribution in [0.1, 0.15) is 27.7 Å². The molecule has 0 fully saturated rings. The summed E-state index contributed by atoms with van der Waals surface area (Å²) in [6.07, 6.45) is 9.71. The molecule has 0 heterocycles. The fraction of sp³-hybridized carbons (Fsp3) is 0.545. The van der Waals surface area contributed by atoms with E-state index in [9.17, 15) is 0 Å². The van der Waals surface area contributed by atoms with E-state index in [1.165, 1.54) is 5.17 Å². The number of hydrogen-bond acceptors (Lipinski definition) is 0. The van der Waals surface area contributed by atoms with Crippen molar-refractivity contribution in [3.05, 3.63) is 24.3 Å². The molecule has 0 aromatic carbocycles. The van der Waals surface area contributed by atoms with Crippen molar-refractivity contribution < 1.29 is 0 Å². The lowest BCUT2D eigenvalue weighted by Crippen LogP contribution is -2.19. The third-order valence-corrected chi connectivity index (χ3v) is 5.57. The zero-order chi connectivity index (χ0) is 9.14. The van der Waals surface area contributed by atoms with Crippen molar-refractivity contribution in [3.8, 4) is 0 Å². The summed E-state index contributed by atoms with van der Waals surface area (Å²) in [7, 11) is -0.369. The molecule has 0 amide bonds. The van der Waals surface area contributed by atoms with Crippen molar-refractivity contribution in [2.45, 2.75) is 38.8 Å². The highest BCUT2D eigenvalue weighted by atomic mass is 28.2. The van der Waals surface area contributed by atoms with Crippen molar-refractivity contribution in [1.29, 1.82) is 0 Å². The average Bonchev–Trinajstić information content (AvgIpc) is 2.37. The molecular formula is C11H17Si. The van der Waals surface area contributed by atoms with Crippen LogP contribution in [-0.2, 0) is 0 Å². The summed E-state index contributed by atoms with van der Waals surface area (Å²) in [5.74, 6) is 0. The predicted molar refractivity (Wildman–Crippen MR) is 57.9 cm³/mol. The molecule has 0 aromatic heterocycles. The zero-order valence-corrected chi connectivity index (χ0v) is 9.39. The van der Waals surface area contributed by atoms with E-state index in [4.69, 9.17) is 0 Å². The Balaban J connectivity index is 2.99. The van der Waals surface area contributed by atoms with Gasteiger partial charge in [0, 0.05) is 8.41 Å². The van der Waals surface area contributed by atoms with E-state index in [1.807, 2.05) is 6.08 Å². The molecule has 12 heavy (non-hydrogen) atoms. The van der Waals surface area contributed by atoms with Crippen LogP contribution in [-0.4, -0.2) is 13.6 Å². The smallest absolute Gasteiger partial charge is 0.0255 e. The van der Waals surface area contributed by atoms with Gasteiger partial charge in [-0.05, 0) is 22.3 Å². The molecule has 1 rings (SSSR count). The van der Waals surface area contributed by atoms with Crippen LogP contribution < -0.4 is 0 Å². The molecule has 65 valence electrons. The Morgan fingerprint density at radius 2 is 1.75 bits per heavy atom. The van der Waals surface area contributed by atoms with E-state index >= 15 is 0 Å². The minimum Gasteiger partial charge on any atom is -0.0622 e. The fourth-order valence-electron chi connectivity index (χ4n) is 1.80. The maximum atomic E-state index is 3.35. The van der Waals surface area contributed by atoms with E-state index in [-0.39, 0.29) is 8.41 Å². The van der Waals surface area contributed by atoms with Gasteiger partial charge in [-0.1, -0.05) is 45.9 Å². The maximum absolute atomic E-state index is 3.35. The molecule has 0 saturated carbocycles. The summed E-state index contributed by atoms with van der Waals surface area (Å²) in [6.45, 7) is 9.31. The monoisotopic (exact) mass is 177 g/mol. The Morgan fingerprint density at radius 1 is 1.17 bits per heavy atom. The summed E-state index contributed by atoms with van der Waals surface area (Å²) in [5.41, 5.74) is 1.63. The molecule has 1 heteroatoms. The molecule has 0 saturated heterocycles. The second-order valence-electron chi connectivity index (χ2n) is 3.85. The normalized spacial score (nSPS) is 15.3. The first kappa shape index (κ1) is 9.65. The van der Waals surface area contributed by atoms with Crippen LogP contribution in [0.25, 0.3) is 0 Å². The molecule has 0 nitrogen and oxygen atoms in total. The second kappa shape index (κ2) is 3.99. The summed E-state index contributed by atoms with van der Waals surface area (Å²) in [5, 5.41) is 1.48. The lowest BCUT2D eigenvalue weighted by Gasteiger charge is -2.15. The highest BCUT2D eigenvalue weighted by molar-refractivity contribution is 6.76. The van der Waals surface area contributed by atoms with Crippen LogP contribution in [0, 0.1) is 6.08 Å².